The molecule has 0 fully saturated rings. The zero-order valence-corrected chi connectivity index (χ0v) is 8.18. The molecule has 0 atom stereocenters. The number of amidine groups is 1. The number of thioether (sulfide) groups is 1. The zero-order valence-electron chi connectivity index (χ0n) is 7.37. The molecule has 0 aliphatic carbocycles. The number of nitrogens with zero attached hydrogens (tertiary/aromatic N) is 4. The third kappa shape index (κ3) is 2.26. The van der Waals surface area contributed by atoms with Crippen molar-refractivity contribution in [2.45, 2.75) is 0 Å². The van der Waals surface area contributed by atoms with E-state index >= 15 is 0 Å². The van der Waals surface area contributed by atoms with Gasteiger partial charge in [0.1, 0.15) is 0 Å². The molecule has 0 aromatic carbocycles. The van der Waals surface area contributed by atoms with Crippen LogP contribution >= 0.6 is 11.8 Å². The molecule has 2 aliphatic heterocycles. The molecular formula is C9H8N4S. The average molecular weight is 204 g/mol. The molecule has 1 aromatic heterocycles. The van der Waals surface area contributed by atoms with Crippen molar-refractivity contribution in [3.05, 3.63) is 35.5 Å². The minimum absolute atomic E-state index is 0.860. The summed E-state index contributed by atoms with van der Waals surface area (Å²) in [6.07, 6.45) is 7.07. The molecule has 0 amide bonds. The number of rotatable bonds is 0. The van der Waals surface area contributed by atoms with Crippen molar-refractivity contribution in [1.82, 2.24) is 10.2 Å². The van der Waals surface area contributed by atoms with Gasteiger partial charge in [-0.05, 0) is 18.2 Å². The van der Waals surface area contributed by atoms with Crippen LogP contribution in [0.1, 0.15) is 0 Å². The van der Waals surface area contributed by atoms with Gasteiger partial charge in [-0.2, -0.15) is 10.2 Å². The summed E-state index contributed by atoms with van der Waals surface area (Å²) in [5, 5.41) is 7.07. The second-order valence-electron chi connectivity index (χ2n) is 2.48. The van der Waals surface area contributed by atoms with Gasteiger partial charge in [-0.1, -0.05) is 11.8 Å². The highest BCUT2D eigenvalue weighted by Gasteiger charge is 2.14. The van der Waals surface area contributed by atoms with E-state index in [2.05, 4.69) is 20.2 Å². The van der Waals surface area contributed by atoms with Crippen LogP contribution in [0.4, 0.5) is 0 Å². The van der Waals surface area contributed by atoms with Gasteiger partial charge in [-0.15, -0.1) is 0 Å². The van der Waals surface area contributed by atoms with E-state index < -0.39 is 0 Å². The Morgan fingerprint density at radius 3 is 2.50 bits per heavy atom. The Kier molecular flexibility index (Phi) is 3.03. The first kappa shape index (κ1) is 9.08. The van der Waals surface area contributed by atoms with Crippen LogP contribution in [0.5, 0.6) is 0 Å². The molecule has 4 nitrogen and oxygen atoms in total. The lowest BCUT2D eigenvalue weighted by molar-refractivity contribution is 1.03. The number of aliphatic imine (C=N–C) groups is 2. The number of hydrogen-bond acceptors (Lipinski definition) is 5. The van der Waals surface area contributed by atoms with Gasteiger partial charge in [-0.3, -0.25) is 4.99 Å². The van der Waals surface area contributed by atoms with Crippen LogP contribution in [0.25, 0.3) is 0 Å². The van der Waals surface area contributed by atoms with Gasteiger partial charge in [0.05, 0.1) is 10.8 Å². The van der Waals surface area contributed by atoms with Crippen LogP contribution in [-0.2, 0) is 0 Å². The lowest BCUT2D eigenvalue weighted by Gasteiger charge is -1.82. The number of fused-ring (bicyclic) bond motifs is 1. The molecule has 0 unspecified atom stereocenters. The van der Waals surface area contributed by atoms with Crippen LogP contribution in [0.2, 0.25) is 0 Å². The molecule has 3 heterocycles. The highest BCUT2D eigenvalue weighted by Crippen LogP contribution is 2.26. The van der Waals surface area contributed by atoms with Crippen LogP contribution in [0.3, 0.4) is 0 Å². The highest BCUT2D eigenvalue weighted by molar-refractivity contribution is 8.04. The van der Waals surface area contributed by atoms with Gasteiger partial charge >= 0.3 is 0 Å². The van der Waals surface area contributed by atoms with Crippen molar-refractivity contribution in [3.8, 4) is 0 Å². The summed E-state index contributed by atoms with van der Waals surface area (Å²) in [6, 6.07) is 3.65. The Morgan fingerprint density at radius 1 is 1.14 bits per heavy atom. The molecule has 14 heavy (non-hydrogen) atoms. The van der Waals surface area contributed by atoms with Crippen molar-refractivity contribution in [1.29, 1.82) is 0 Å². The molecule has 0 saturated heterocycles. The number of aromatic nitrogens is 2. The minimum Gasteiger partial charge on any atom is -0.254 e. The van der Waals surface area contributed by atoms with Gasteiger partial charge in [0.15, 0.2) is 5.84 Å². The van der Waals surface area contributed by atoms with Crippen molar-refractivity contribution in [3.63, 3.8) is 0 Å². The van der Waals surface area contributed by atoms with Crippen LogP contribution < -0.4 is 0 Å². The van der Waals surface area contributed by atoms with Crippen molar-refractivity contribution in [2.75, 3.05) is 5.88 Å². The molecule has 3 rings (SSSR count). The molecule has 0 radical (unpaired) electrons. The molecule has 70 valence electrons. The standard InChI is InChI=1S/C5H4N2S.C4H4N2/c1-2-6-5-4(1)8-3-7-5;1-2-4-6-5-3-1/h1-2H,3H2;1-4H. The maximum Gasteiger partial charge on any atom is 0.162 e. The van der Waals surface area contributed by atoms with E-state index in [4.69, 9.17) is 0 Å². The van der Waals surface area contributed by atoms with E-state index in [0.29, 0.717) is 0 Å². The van der Waals surface area contributed by atoms with Crippen molar-refractivity contribution < 1.29 is 0 Å². The van der Waals surface area contributed by atoms with E-state index in [0.717, 1.165) is 11.7 Å². The SMILES string of the molecule is C1=NC2=NCSC2=C1.c1ccnnc1. The Balaban J connectivity index is 0.000000112. The minimum atomic E-state index is 0.860. The van der Waals surface area contributed by atoms with E-state index in [-0.39, 0.29) is 0 Å². The molecule has 0 bridgehead atoms. The third-order valence-electron chi connectivity index (χ3n) is 1.56. The average Bonchev–Trinajstić information content (AvgIpc) is 2.82. The Labute approximate surface area is 85.9 Å². The van der Waals surface area contributed by atoms with Crippen LogP contribution in [-0.4, -0.2) is 28.1 Å². The van der Waals surface area contributed by atoms with Gasteiger partial charge < -0.3 is 0 Å². The first-order chi connectivity index (χ1) is 6.97. The van der Waals surface area contributed by atoms with E-state index in [1.54, 1.807) is 30.4 Å². The fraction of sp³-hybridized carbons (Fsp3) is 0.111. The van der Waals surface area contributed by atoms with Gasteiger partial charge in [0, 0.05) is 18.6 Å². The number of hydrogen-bond donors (Lipinski definition) is 0. The normalized spacial score (nSPS) is 16.6. The topological polar surface area (TPSA) is 50.5 Å². The summed E-state index contributed by atoms with van der Waals surface area (Å²) >= 11 is 1.75. The fourth-order valence-corrected chi connectivity index (χ4v) is 1.69. The summed E-state index contributed by atoms with van der Waals surface area (Å²) < 4.78 is 0. The molecular weight excluding hydrogens is 196 g/mol. The smallest absolute Gasteiger partial charge is 0.162 e. The maximum atomic E-state index is 4.11. The number of allylic oxidation sites excluding steroid dienone is 1. The quantitative estimate of drug-likeness (QED) is 0.644. The van der Waals surface area contributed by atoms with Gasteiger partial charge in [0.25, 0.3) is 0 Å². The third-order valence-corrected chi connectivity index (χ3v) is 2.45. The lowest BCUT2D eigenvalue weighted by Crippen LogP contribution is -1.81. The molecule has 1 aromatic rings. The Bertz CT molecular complexity index is 356. The van der Waals surface area contributed by atoms with Crippen LogP contribution in [0, 0.1) is 0 Å². The Morgan fingerprint density at radius 2 is 1.93 bits per heavy atom. The molecule has 5 heteroatoms. The second-order valence-corrected chi connectivity index (χ2v) is 3.46. The fourth-order valence-electron chi connectivity index (χ4n) is 0.961. The Hall–Kier alpha value is -1.49. The largest absolute Gasteiger partial charge is 0.254 e. The molecule has 2 aliphatic rings. The summed E-state index contributed by atoms with van der Waals surface area (Å²) in [5.74, 6) is 1.79. The van der Waals surface area contributed by atoms with Crippen LogP contribution in [0.15, 0.2) is 45.5 Å². The lowest BCUT2D eigenvalue weighted by atomic mass is 10.5. The first-order valence-electron chi connectivity index (χ1n) is 4.10. The molecule has 0 spiro atoms. The van der Waals surface area contributed by atoms with E-state index in [9.17, 15) is 0 Å². The second kappa shape index (κ2) is 4.66. The highest BCUT2D eigenvalue weighted by atomic mass is 32.2. The van der Waals surface area contributed by atoms with E-state index in [1.165, 1.54) is 4.91 Å². The first-order valence-corrected chi connectivity index (χ1v) is 5.09. The monoisotopic (exact) mass is 204 g/mol. The maximum absolute atomic E-state index is 4.11. The summed E-state index contributed by atoms with van der Waals surface area (Å²) in [7, 11) is 0. The summed E-state index contributed by atoms with van der Waals surface area (Å²) in [4.78, 5) is 9.35. The van der Waals surface area contributed by atoms with Gasteiger partial charge in [0.2, 0.25) is 0 Å². The predicted octanol–water partition coefficient (Wildman–Crippen LogP) is 1.53. The van der Waals surface area contributed by atoms with Gasteiger partial charge in [-0.25, -0.2) is 4.99 Å². The summed E-state index contributed by atoms with van der Waals surface area (Å²) in [6.45, 7) is 0. The molecule has 0 saturated carbocycles. The zero-order chi connectivity index (χ0) is 9.64. The van der Waals surface area contributed by atoms with E-state index in [1.807, 2.05) is 18.2 Å². The summed E-state index contributed by atoms with van der Waals surface area (Å²) in [5.41, 5.74) is 0. The van der Waals surface area contributed by atoms with Crippen molar-refractivity contribution in [2.24, 2.45) is 9.98 Å². The predicted molar refractivity (Wildman–Crippen MR) is 58.5 cm³/mol. The molecule has 0 N–H and O–H groups in total. The van der Waals surface area contributed by atoms with Crippen molar-refractivity contribution >= 4 is 23.8 Å².